The Balaban J connectivity index is 1.85. The van der Waals surface area contributed by atoms with Gasteiger partial charge in [-0.1, -0.05) is 59.2 Å². The van der Waals surface area contributed by atoms with E-state index in [1.807, 2.05) is 49.4 Å². The van der Waals surface area contributed by atoms with Gasteiger partial charge in [0, 0.05) is 11.4 Å². The molecule has 0 bridgehead atoms. The van der Waals surface area contributed by atoms with E-state index in [1.54, 1.807) is 12.1 Å². The average Bonchev–Trinajstić information content (AvgIpc) is 2.48. The predicted octanol–water partition coefficient (Wildman–Crippen LogP) is 4.36. The van der Waals surface area contributed by atoms with Crippen LogP contribution in [-0.2, 0) is 11.4 Å². The van der Waals surface area contributed by atoms with Crippen molar-refractivity contribution < 1.29 is 9.94 Å². The van der Waals surface area contributed by atoms with Gasteiger partial charge in [-0.15, -0.1) is 0 Å². The van der Waals surface area contributed by atoms with Gasteiger partial charge in [-0.3, -0.25) is 0 Å². The number of oxime groups is 1. The van der Waals surface area contributed by atoms with Crippen molar-refractivity contribution in [1.82, 2.24) is 0 Å². The maximum Gasteiger partial charge on any atom is 0.142 e. The molecule has 0 amide bonds. The summed E-state index contributed by atoms with van der Waals surface area (Å²) in [6, 6.07) is 17.0. The normalized spacial score (nSPS) is 13.0. The van der Waals surface area contributed by atoms with Crippen molar-refractivity contribution in [3.05, 3.63) is 70.7 Å². The molecule has 0 aliphatic rings. The second-order valence-corrected chi connectivity index (χ2v) is 5.30. The summed E-state index contributed by atoms with van der Waals surface area (Å²) in [6.45, 7) is 2.25. The highest BCUT2D eigenvalue weighted by molar-refractivity contribution is 6.30. The molecule has 0 fully saturated rings. The minimum absolute atomic E-state index is 0.412. The molecule has 0 heterocycles. The number of aliphatic hydroxyl groups is 1. The van der Waals surface area contributed by atoms with Crippen molar-refractivity contribution >= 4 is 17.3 Å². The van der Waals surface area contributed by atoms with E-state index in [-0.39, 0.29) is 0 Å². The molecule has 0 spiro atoms. The van der Waals surface area contributed by atoms with E-state index >= 15 is 0 Å². The smallest absolute Gasteiger partial charge is 0.142 e. The summed E-state index contributed by atoms with van der Waals surface area (Å²) >= 11 is 5.91. The van der Waals surface area contributed by atoms with E-state index in [4.69, 9.17) is 16.4 Å². The zero-order chi connectivity index (χ0) is 15.1. The van der Waals surface area contributed by atoms with Crippen molar-refractivity contribution in [2.75, 3.05) is 0 Å². The highest BCUT2D eigenvalue weighted by atomic mass is 35.5. The van der Waals surface area contributed by atoms with Gasteiger partial charge >= 0.3 is 0 Å². The largest absolute Gasteiger partial charge is 0.391 e. The Morgan fingerprint density at radius 1 is 1.19 bits per heavy atom. The van der Waals surface area contributed by atoms with Crippen LogP contribution in [0.5, 0.6) is 0 Å². The first-order chi connectivity index (χ1) is 10.1. The van der Waals surface area contributed by atoms with Crippen LogP contribution in [0.4, 0.5) is 0 Å². The van der Waals surface area contributed by atoms with Gasteiger partial charge in [-0.2, -0.15) is 0 Å². The van der Waals surface area contributed by atoms with Crippen LogP contribution < -0.4 is 0 Å². The molecule has 21 heavy (non-hydrogen) atoms. The lowest BCUT2D eigenvalue weighted by Crippen LogP contribution is -2.04. The molecule has 1 unspecified atom stereocenters. The highest BCUT2D eigenvalue weighted by Gasteiger charge is 2.09. The van der Waals surface area contributed by atoms with Crippen LogP contribution in [-0.4, -0.2) is 10.8 Å². The van der Waals surface area contributed by atoms with Crippen LogP contribution in [0.1, 0.15) is 30.6 Å². The number of rotatable bonds is 6. The van der Waals surface area contributed by atoms with E-state index in [9.17, 15) is 5.11 Å². The first-order valence-electron chi connectivity index (χ1n) is 6.78. The third-order valence-corrected chi connectivity index (χ3v) is 3.25. The molecule has 110 valence electrons. The zero-order valence-electron chi connectivity index (χ0n) is 11.9. The molecule has 4 heteroatoms. The lowest BCUT2D eigenvalue weighted by Gasteiger charge is -2.11. The highest BCUT2D eigenvalue weighted by Crippen LogP contribution is 2.20. The second-order valence-electron chi connectivity index (χ2n) is 4.86. The van der Waals surface area contributed by atoms with Crippen LogP contribution in [0.15, 0.2) is 59.8 Å². The Bertz CT molecular complexity index is 599. The molecular formula is C17H18ClNO2. The summed E-state index contributed by atoms with van der Waals surface area (Å²) in [4.78, 5) is 5.29. The quantitative estimate of drug-likeness (QED) is 0.636. The van der Waals surface area contributed by atoms with Crippen molar-refractivity contribution in [2.45, 2.75) is 26.1 Å². The van der Waals surface area contributed by atoms with Gasteiger partial charge in [-0.25, -0.2) is 0 Å². The summed E-state index contributed by atoms with van der Waals surface area (Å²) < 4.78 is 0. The Hall–Kier alpha value is -1.84. The zero-order valence-corrected chi connectivity index (χ0v) is 12.6. The molecule has 2 aromatic rings. The van der Waals surface area contributed by atoms with Crippen LogP contribution in [0.2, 0.25) is 5.02 Å². The van der Waals surface area contributed by atoms with Crippen LogP contribution in [0.25, 0.3) is 0 Å². The van der Waals surface area contributed by atoms with E-state index in [0.29, 0.717) is 18.1 Å². The van der Waals surface area contributed by atoms with Crippen molar-refractivity contribution in [3.63, 3.8) is 0 Å². The number of aliphatic hydroxyl groups excluding tert-OH is 1. The lowest BCUT2D eigenvalue weighted by molar-refractivity contribution is 0.126. The first kappa shape index (κ1) is 15.5. The molecule has 1 atom stereocenters. The Kier molecular flexibility index (Phi) is 5.78. The lowest BCUT2D eigenvalue weighted by atomic mass is 10.0. The maximum atomic E-state index is 10.1. The van der Waals surface area contributed by atoms with E-state index in [0.717, 1.165) is 16.8 Å². The van der Waals surface area contributed by atoms with Crippen molar-refractivity contribution in [2.24, 2.45) is 5.16 Å². The Morgan fingerprint density at radius 2 is 1.95 bits per heavy atom. The van der Waals surface area contributed by atoms with Crippen LogP contribution in [0, 0.1) is 0 Å². The summed E-state index contributed by atoms with van der Waals surface area (Å²) in [5.74, 6) is 0. The summed E-state index contributed by atoms with van der Waals surface area (Å²) in [5, 5.41) is 14.8. The number of hydrogen-bond donors (Lipinski definition) is 1. The molecule has 0 radical (unpaired) electrons. The van der Waals surface area contributed by atoms with Gasteiger partial charge in [0.05, 0.1) is 11.8 Å². The van der Waals surface area contributed by atoms with Crippen molar-refractivity contribution in [1.29, 1.82) is 0 Å². The minimum atomic E-state index is -0.632. The van der Waals surface area contributed by atoms with E-state index < -0.39 is 6.10 Å². The van der Waals surface area contributed by atoms with Crippen LogP contribution >= 0.6 is 11.6 Å². The monoisotopic (exact) mass is 303 g/mol. The maximum absolute atomic E-state index is 10.1. The topological polar surface area (TPSA) is 41.8 Å². The van der Waals surface area contributed by atoms with Gasteiger partial charge in [0.1, 0.15) is 6.61 Å². The fraction of sp³-hybridized carbons (Fsp3) is 0.235. The molecule has 1 N–H and O–H groups in total. The third-order valence-electron chi connectivity index (χ3n) is 3.02. The van der Waals surface area contributed by atoms with Gasteiger partial charge in [0.15, 0.2) is 0 Å². The average molecular weight is 304 g/mol. The fourth-order valence-electron chi connectivity index (χ4n) is 1.94. The number of halogens is 1. The molecule has 2 aromatic carbocycles. The molecule has 0 aromatic heterocycles. The minimum Gasteiger partial charge on any atom is -0.391 e. The second kappa shape index (κ2) is 7.81. The third kappa shape index (κ3) is 5.21. The molecule has 0 aliphatic carbocycles. The number of benzene rings is 2. The molecule has 3 nitrogen and oxygen atoms in total. The first-order valence-corrected chi connectivity index (χ1v) is 7.16. The number of hydrogen-bond acceptors (Lipinski definition) is 3. The standard InChI is InChI=1S/C17H18ClNO2/c1-13(19-21-12-14-6-3-2-4-7-14)10-17(20)15-8-5-9-16(18)11-15/h2-9,11,17,20H,10,12H2,1H3/b19-13+. The molecular weight excluding hydrogens is 286 g/mol. The summed E-state index contributed by atoms with van der Waals surface area (Å²) in [5.41, 5.74) is 2.57. The summed E-state index contributed by atoms with van der Waals surface area (Å²) in [6.07, 6.45) is -0.220. The molecule has 0 saturated heterocycles. The Labute approximate surface area is 129 Å². The van der Waals surface area contributed by atoms with Crippen LogP contribution in [0.3, 0.4) is 0 Å². The summed E-state index contributed by atoms with van der Waals surface area (Å²) in [7, 11) is 0. The predicted molar refractivity (Wildman–Crippen MR) is 85.4 cm³/mol. The van der Waals surface area contributed by atoms with Gasteiger partial charge in [-0.05, 0) is 30.2 Å². The molecule has 0 saturated carbocycles. The van der Waals surface area contributed by atoms with Gasteiger partial charge < -0.3 is 9.94 Å². The van der Waals surface area contributed by atoms with E-state index in [2.05, 4.69) is 5.16 Å². The Morgan fingerprint density at radius 3 is 2.67 bits per heavy atom. The fourth-order valence-corrected chi connectivity index (χ4v) is 2.14. The van der Waals surface area contributed by atoms with Crippen molar-refractivity contribution in [3.8, 4) is 0 Å². The molecule has 2 rings (SSSR count). The molecule has 0 aliphatic heterocycles. The number of nitrogens with zero attached hydrogens (tertiary/aromatic N) is 1. The SMILES string of the molecule is C/C(CC(O)c1cccc(Cl)c1)=N\OCc1ccccc1. The van der Waals surface area contributed by atoms with E-state index in [1.165, 1.54) is 0 Å². The van der Waals surface area contributed by atoms with Gasteiger partial charge in [0.25, 0.3) is 0 Å². The van der Waals surface area contributed by atoms with Gasteiger partial charge in [0.2, 0.25) is 0 Å².